The lowest BCUT2D eigenvalue weighted by Gasteiger charge is -2.28. The summed E-state index contributed by atoms with van der Waals surface area (Å²) >= 11 is 5.96. The number of rotatable bonds is 1. The number of hydrogen-bond donors (Lipinski definition) is 2. The second-order valence-corrected chi connectivity index (χ2v) is 5.59. The Morgan fingerprint density at radius 3 is 2.74 bits per heavy atom. The van der Waals surface area contributed by atoms with E-state index in [1.54, 1.807) is 0 Å². The maximum atomic E-state index is 12.2. The SMILES string of the molecule is Cc1cc(Cl)ccc1C1=NC2(CCNCC2)C(=O)N1. The molecule has 19 heavy (non-hydrogen) atoms. The summed E-state index contributed by atoms with van der Waals surface area (Å²) in [5.74, 6) is 0.708. The number of nitrogens with zero attached hydrogens (tertiary/aromatic N) is 1. The van der Waals surface area contributed by atoms with Crippen molar-refractivity contribution in [2.75, 3.05) is 13.1 Å². The van der Waals surface area contributed by atoms with Crippen LogP contribution in [0.5, 0.6) is 0 Å². The third-order valence-corrected chi connectivity index (χ3v) is 4.09. The van der Waals surface area contributed by atoms with Crippen LogP contribution in [0, 0.1) is 6.92 Å². The molecule has 2 heterocycles. The molecule has 2 aliphatic heterocycles. The number of amides is 1. The Kier molecular flexibility index (Phi) is 3.07. The number of aliphatic imine (C=N–C) groups is 1. The molecule has 4 nitrogen and oxygen atoms in total. The molecule has 5 heteroatoms. The Labute approximate surface area is 117 Å². The minimum atomic E-state index is -0.563. The molecule has 100 valence electrons. The van der Waals surface area contributed by atoms with Gasteiger partial charge < -0.3 is 10.6 Å². The van der Waals surface area contributed by atoms with Crippen LogP contribution in [0.15, 0.2) is 23.2 Å². The number of carbonyl (C=O) groups excluding carboxylic acids is 1. The first-order valence-electron chi connectivity index (χ1n) is 6.49. The first-order chi connectivity index (χ1) is 9.11. The third-order valence-electron chi connectivity index (χ3n) is 3.85. The van der Waals surface area contributed by atoms with E-state index in [0.717, 1.165) is 37.1 Å². The smallest absolute Gasteiger partial charge is 0.253 e. The molecule has 1 aromatic carbocycles. The van der Waals surface area contributed by atoms with Gasteiger partial charge >= 0.3 is 0 Å². The average molecular weight is 278 g/mol. The Bertz CT molecular complexity index is 562. The van der Waals surface area contributed by atoms with Gasteiger partial charge in [0, 0.05) is 10.6 Å². The highest BCUT2D eigenvalue weighted by Gasteiger charge is 2.44. The van der Waals surface area contributed by atoms with Gasteiger partial charge in [-0.15, -0.1) is 0 Å². The van der Waals surface area contributed by atoms with E-state index < -0.39 is 5.54 Å². The number of aryl methyl sites for hydroxylation is 1. The predicted molar refractivity (Wildman–Crippen MR) is 75.7 cm³/mol. The molecule has 1 aromatic rings. The molecule has 0 unspecified atom stereocenters. The number of halogens is 1. The summed E-state index contributed by atoms with van der Waals surface area (Å²) < 4.78 is 0. The summed E-state index contributed by atoms with van der Waals surface area (Å²) in [6, 6.07) is 5.63. The van der Waals surface area contributed by atoms with Crippen molar-refractivity contribution in [1.29, 1.82) is 0 Å². The second kappa shape index (κ2) is 4.62. The predicted octanol–water partition coefficient (Wildman–Crippen LogP) is 1.65. The summed E-state index contributed by atoms with van der Waals surface area (Å²) in [4.78, 5) is 16.9. The van der Waals surface area contributed by atoms with Crippen molar-refractivity contribution in [2.45, 2.75) is 25.3 Å². The fraction of sp³-hybridized carbons (Fsp3) is 0.429. The van der Waals surface area contributed by atoms with Crippen molar-refractivity contribution < 1.29 is 4.79 Å². The molecule has 0 saturated carbocycles. The summed E-state index contributed by atoms with van der Waals surface area (Å²) in [5.41, 5.74) is 1.41. The topological polar surface area (TPSA) is 53.5 Å². The van der Waals surface area contributed by atoms with E-state index >= 15 is 0 Å². The van der Waals surface area contributed by atoms with Crippen molar-refractivity contribution in [1.82, 2.24) is 10.6 Å². The number of nitrogens with one attached hydrogen (secondary N) is 2. The Morgan fingerprint density at radius 2 is 2.05 bits per heavy atom. The van der Waals surface area contributed by atoms with E-state index in [0.29, 0.717) is 10.9 Å². The van der Waals surface area contributed by atoms with Crippen LogP contribution in [0.4, 0.5) is 0 Å². The van der Waals surface area contributed by atoms with Gasteiger partial charge in [0.15, 0.2) is 0 Å². The molecule has 3 rings (SSSR count). The molecule has 1 saturated heterocycles. The first-order valence-corrected chi connectivity index (χ1v) is 6.87. The van der Waals surface area contributed by atoms with Gasteiger partial charge in [0.1, 0.15) is 11.4 Å². The molecule has 0 bridgehead atoms. The number of benzene rings is 1. The molecule has 0 aliphatic carbocycles. The maximum absolute atomic E-state index is 12.2. The van der Waals surface area contributed by atoms with Gasteiger partial charge in [-0.05, 0) is 56.6 Å². The van der Waals surface area contributed by atoms with Crippen LogP contribution in [0.3, 0.4) is 0 Å². The van der Waals surface area contributed by atoms with E-state index in [4.69, 9.17) is 16.6 Å². The zero-order chi connectivity index (χ0) is 13.5. The molecular weight excluding hydrogens is 262 g/mol. The van der Waals surface area contributed by atoms with Crippen LogP contribution < -0.4 is 10.6 Å². The van der Waals surface area contributed by atoms with Crippen LogP contribution in [-0.4, -0.2) is 30.4 Å². The molecule has 1 fully saturated rings. The molecule has 1 amide bonds. The van der Waals surface area contributed by atoms with Crippen molar-refractivity contribution in [2.24, 2.45) is 4.99 Å². The summed E-state index contributed by atoms with van der Waals surface area (Å²) in [5, 5.41) is 6.89. The van der Waals surface area contributed by atoms with Crippen LogP contribution >= 0.6 is 11.6 Å². The Balaban J connectivity index is 1.98. The van der Waals surface area contributed by atoms with Gasteiger partial charge in [-0.3, -0.25) is 9.79 Å². The number of hydrogen-bond acceptors (Lipinski definition) is 3. The van der Waals surface area contributed by atoms with Gasteiger partial charge in [-0.2, -0.15) is 0 Å². The molecule has 0 radical (unpaired) electrons. The Hall–Kier alpha value is -1.39. The van der Waals surface area contributed by atoms with E-state index in [1.807, 2.05) is 25.1 Å². The number of amidine groups is 1. The number of piperidine rings is 1. The summed E-state index contributed by atoms with van der Waals surface area (Å²) in [6.07, 6.45) is 1.52. The van der Waals surface area contributed by atoms with E-state index in [-0.39, 0.29) is 5.91 Å². The molecular formula is C14H16ClN3O. The second-order valence-electron chi connectivity index (χ2n) is 5.16. The van der Waals surface area contributed by atoms with Crippen molar-refractivity contribution in [3.63, 3.8) is 0 Å². The molecule has 2 aliphatic rings. The summed E-state index contributed by atoms with van der Waals surface area (Å²) in [7, 11) is 0. The fourth-order valence-electron chi connectivity index (χ4n) is 2.72. The molecule has 1 spiro atoms. The van der Waals surface area contributed by atoms with Crippen LogP contribution in [0.2, 0.25) is 5.02 Å². The highest BCUT2D eigenvalue weighted by molar-refractivity contribution is 6.30. The third kappa shape index (κ3) is 2.15. The largest absolute Gasteiger partial charge is 0.317 e. The molecule has 2 N–H and O–H groups in total. The van der Waals surface area contributed by atoms with E-state index in [1.165, 1.54) is 0 Å². The zero-order valence-electron chi connectivity index (χ0n) is 10.8. The minimum absolute atomic E-state index is 0.0263. The standard InChI is InChI=1S/C14H16ClN3O/c1-9-8-10(15)2-3-11(9)12-17-13(19)14(18-12)4-6-16-7-5-14/h2-3,8,16H,4-7H2,1H3,(H,17,18,19). The van der Waals surface area contributed by atoms with Gasteiger partial charge in [-0.25, -0.2) is 0 Å². The monoisotopic (exact) mass is 277 g/mol. The van der Waals surface area contributed by atoms with Gasteiger partial charge in [0.25, 0.3) is 5.91 Å². The van der Waals surface area contributed by atoms with Crippen LogP contribution in [0.1, 0.15) is 24.0 Å². The lowest BCUT2D eigenvalue weighted by atomic mass is 9.89. The van der Waals surface area contributed by atoms with Gasteiger partial charge in [-0.1, -0.05) is 11.6 Å². The van der Waals surface area contributed by atoms with Gasteiger partial charge in [0.05, 0.1) is 0 Å². The first kappa shape index (κ1) is 12.6. The molecule has 0 aromatic heterocycles. The zero-order valence-corrected chi connectivity index (χ0v) is 11.5. The number of carbonyl (C=O) groups is 1. The van der Waals surface area contributed by atoms with Crippen LogP contribution in [-0.2, 0) is 4.79 Å². The normalized spacial score (nSPS) is 21.4. The quantitative estimate of drug-likeness (QED) is 0.820. The maximum Gasteiger partial charge on any atom is 0.253 e. The average Bonchev–Trinajstić information content (AvgIpc) is 2.67. The highest BCUT2D eigenvalue weighted by atomic mass is 35.5. The van der Waals surface area contributed by atoms with Gasteiger partial charge in [0.2, 0.25) is 0 Å². The molecule has 0 atom stereocenters. The van der Waals surface area contributed by atoms with E-state index in [9.17, 15) is 4.79 Å². The highest BCUT2D eigenvalue weighted by Crippen LogP contribution is 2.29. The Morgan fingerprint density at radius 1 is 1.32 bits per heavy atom. The van der Waals surface area contributed by atoms with Crippen molar-refractivity contribution >= 4 is 23.3 Å². The van der Waals surface area contributed by atoms with Crippen LogP contribution in [0.25, 0.3) is 0 Å². The van der Waals surface area contributed by atoms with E-state index in [2.05, 4.69) is 10.6 Å². The summed E-state index contributed by atoms with van der Waals surface area (Å²) in [6.45, 7) is 3.65. The van der Waals surface area contributed by atoms with Crippen molar-refractivity contribution in [3.05, 3.63) is 34.3 Å². The van der Waals surface area contributed by atoms with Crippen molar-refractivity contribution in [3.8, 4) is 0 Å². The fourth-order valence-corrected chi connectivity index (χ4v) is 2.94. The minimum Gasteiger partial charge on any atom is -0.317 e. The lowest BCUT2D eigenvalue weighted by Crippen LogP contribution is -2.47. The lowest BCUT2D eigenvalue weighted by molar-refractivity contribution is -0.124.